The molecule has 3 aliphatic carbocycles. The SMILES string of the molecule is CC1(C)CC(CC(NC(=O)[C@H](CC2CCCCC2)NC(=O)OC2CCCC2Cc2cccc(Cl)c2)C(=O)C(=O)NC2CC2)C(=O)N1. The summed E-state index contributed by atoms with van der Waals surface area (Å²) in [5.74, 6) is -2.43. The van der Waals surface area contributed by atoms with E-state index < -0.39 is 47.2 Å². The number of hydrogen-bond donors (Lipinski definition) is 4. The molecule has 1 heterocycles. The first kappa shape index (κ1) is 34.2. The molecule has 11 heteroatoms. The van der Waals surface area contributed by atoms with Crippen molar-refractivity contribution in [2.45, 2.75) is 134 Å². The van der Waals surface area contributed by atoms with Crippen LogP contribution in [0.15, 0.2) is 24.3 Å². The van der Waals surface area contributed by atoms with Gasteiger partial charge in [0, 0.05) is 28.4 Å². The van der Waals surface area contributed by atoms with Gasteiger partial charge in [-0.15, -0.1) is 0 Å². The summed E-state index contributed by atoms with van der Waals surface area (Å²) in [7, 11) is 0. The Balaban J connectivity index is 1.27. The Morgan fingerprint density at radius 2 is 1.72 bits per heavy atom. The molecule has 0 aromatic heterocycles. The smallest absolute Gasteiger partial charge is 0.408 e. The number of amides is 4. The van der Waals surface area contributed by atoms with E-state index in [9.17, 15) is 24.0 Å². The van der Waals surface area contributed by atoms with Crippen LogP contribution in [0.25, 0.3) is 0 Å². The van der Waals surface area contributed by atoms with Crippen molar-refractivity contribution in [2.24, 2.45) is 17.8 Å². The van der Waals surface area contributed by atoms with Crippen LogP contribution in [0.1, 0.15) is 103 Å². The average molecular weight is 657 g/mol. The molecule has 5 rings (SSSR count). The number of carbonyl (C=O) groups is 5. The van der Waals surface area contributed by atoms with Crippen LogP contribution in [0.3, 0.4) is 0 Å². The van der Waals surface area contributed by atoms with Crippen LogP contribution in [0, 0.1) is 17.8 Å². The molecule has 3 saturated carbocycles. The maximum Gasteiger partial charge on any atom is 0.408 e. The molecule has 1 aromatic rings. The molecule has 10 nitrogen and oxygen atoms in total. The molecule has 1 saturated heterocycles. The topological polar surface area (TPSA) is 143 Å². The van der Waals surface area contributed by atoms with E-state index in [-0.39, 0.29) is 36.3 Å². The number of alkyl carbamates (subject to hydrolysis) is 1. The van der Waals surface area contributed by atoms with Gasteiger partial charge in [-0.25, -0.2) is 4.79 Å². The molecule has 252 valence electrons. The monoisotopic (exact) mass is 656 g/mol. The first-order valence-corrected chi connectivity index (χ1v) is 17.5. The fourth-order valence-corrected chi connectivity index (χ4v) is 7.69. The maximum absolute atomic E-state index is 13.9. The molecule has 4 unspecified atom stereocenters. The number of carbonyl (C=O) groups excluding carboxylic acids is 5. The minimum atomic E-state index is -1.19. The molecule has 0 spiro atoms. The quantitative estimate of drug-likeness (QED) is 0.226. The molecule has 0 radical (unpaired) electrons. The summed E-state index contributed by atoms with van der Waals surface area (Å²) in [6.07, 6.45) is 10.1. The lowest BCUT2D eigenvalue weighted by Crippen LogP contribution is -2.55. The number of rotatable bonds is 13. The fourth-order valence-electron chi connectivity index (χ4n) is 7.48. The number of hydrogen-bond acceptors (Lipinski definition) is 6. The number of benzene rings is 1. The van der Waals surface area contributed by atoms with Crippen LogP contribution < -0.4 is 21.3 Å². The zero-order chi connectivity index (χ0) is 32.8. The van der Waals surface area contributed by atoms with Crippen LogP contribution in [0.5, 0.6) is 0 Å². The molecule has 5 atom stereocenters. The van der Waals surface area contributed by atoms with Gasteiger partial charge in [0.05, 0.1) is 6.04 Å². The van der Waals surface area contributed by atoms with E-state index in [2.05, 4.69) is 21.3 Å². The molecule has 4 aliphatic rings. The molecule has 4 N–H and O–H groups in total. The van der Waals surface area contributed by atoms with Crippen LogP contribution in [-0.4, -0.2) is 59.4 Å². The van der Waals surface area contributed by atoms with Gasteiger partial charge in [0.25, 0.3) is 5.91 Å². The van der Waals surface area contributed by atoms with Crippen molar-refractivity contribution >= 4 is 41.2 Å². The van der Waals surface area contributed by atoms with Crippen LogP contribution in [0.2, 0.25) is 5.02 Å². The second-order valence-corrected chi connectivity index (χ2v) is 15.0. The highest BCUT2D eigenvalue weighted by atomic mass is 35.5. The third-order valence-electron chi connectivity index (χ3n) is 10.0. The highest BCUT2D eigenvalue weighted by Crippen LogP contribution is 2.33. The molecular weight excluding hydrogens is 608 g/mol. The third kappa shape index (κ3) is 9.69. The Labute approximate surface area is 276 Å². The average Bonchev–Trinajstić information content (AvgIpc) is 3.65. The fraction of sp³-hybridized carbons (Fsp3) is 0.686. The Bertz CT molecular complexity index is 1290. The third-order valence-corrected chi connectivity index (χ3v) is 10.3. The summed E-state index contributed by atoms with van der Waals surface area (Å²) < 4.78 is 5.94. The van der Waals surface area contributed by atoms with Gasteiger partial charge in [0.15, 0.2) is 0 Å². The Morgan fingerprint density at radius 3 is 2.39 bits per heavy atom. The molecule has 1 aromatic carbocycles. The second kappa shape index (κ2) is 15.2. The van der Waals surface area contributed by atoms with Gasteiger partial charge < -0.3 is 26.0 Å². The number of ether oxygens (including phenoxy) is 1. The molecule has 4 amide bonds. The first-order chi connectivity index (χ1) is 22.0. The lowest BCUT2D eigenvalue weighted by atomic mass is 9.84. The van der Waals surface area contributed by atoms with E-state index in [1.165, 1.54) is 0 Å². The Hall–Kier alpha value is -3.14. The Kier molecular flexibility index (Phi) is 11.3. The minimum absolute atomic E-state index is 0.00573. The lowest BCUT2D eigenvalue weighted by Gasteiger charge is -2.29. The molecule has 46 heavy (non-hydrogen) atoms. The molecule has 1 aliphatic heterocycles. The maximum atomic E-state index is 13.9. The molecular formula is C35H49ClN4O6. The van der Waals surface area contributed by atoms with Crippen molar-refractivity contribution in [3.05, 3.63) is 34.9 Å². The predicted molar refractivity (Wildman–Crippen MR) is 174 cm³/mol. The predicted octanol–water partition coefficient (Wildman–Crippen LogP) is 4.75. The number of ketones is 1. The zero-order valence-corrected chi connectivity index (χ0v) is 27.8. The molecule has 0 bridgehead atoms. The summed E-state index contributed by atoms with van der Waals surface area (Å²) in [5, 5.41) is 11.9. The van der Waals surface area contributed by atoms with Gasteiger partial charge >= 0.3 is 6.09 Å². The standard InChI is InChI=1S/C35H49ClN4O6/c1-35(2)20-24(31(42)40-35)19-27(30(41)33(44)37-26-14-15-26)38-32(43)28(18-21-8-4-3-5-9-21)39-34(45)46-29-13-7-11-23(29)16-22-10-6-12-25(36)17-22/h6,10,12,17,21,23-24,26-29H,3-5,7-9,11,13-16,18-20H2,1-2H3,(H,37,44)(H,38,43)(H,39,45)(H,40,42)/t23?,24?,27?,28-,29?/m0/s1. The van der Waals surface area contributed by atoms with Crippen LogP contribution in [0.4, 0.5) is 4.79 Å². The van der Waals surface area contributed by atoms with Crippen molar-refractivity contribution in [3.8, 4) is 0 Å². The lowest BCUT2D eigenvalue weighted by molar-refractivity contribution is -0.141. The summed E-state index contributed by atoms with van der Waals surface area (Å²) >= 11 is 6.19. The number of halogens is 1. The van der Waals surface area contributed by atoms with E-state index in [1.807, 2.05) is 38.1 Å². The van der Waals surface area contributed by atoms with E-state index in [0.29, 0.717) is 17.9 Å². The van der Waals surface area contributed by atoms with Crippen molar-refractivity contribution < 1.29 is 28.7 Å². The van der Waals surface area contributed by atoms with Gasteiger partial charge in [-0.05, 0) is 95.2 Å². The van der Waals surface area contributed by atoms with Crippen molar-refractivity contribution in [3.63, 3.8) is 0 Å². The van der Waals surface area contributed by atoms with Crippen molar-refractivity contribution in [1.29, 1.82) is 0 Å². The van der Waals surface area contributed by atoms with Gasteiger partial charge in [-0.3, -0.25) is 19.2 Å². The van der Waals surface area contributed by atoms with Crippen LogP contribution in [-0.2, 0) is 30.3 Å². The van der Waals surface area contributed by atoms with Crippen molar-refractivity contribution in [2.75, 3.05) is 0 Å². The van der Waals surface area contributed by atoms with E-state index >= 15 is 0 Å². The van der Waals surface area contributed by atoms with Gasteiger partial charge in [0.2, 0.25) is 17.6 Å². The minimum Gasteiger partial charge on any atom is -0.446 e. The van der Waals surface area contributed by atoms with Gasteiger partial charge in [0.1, 0.15) is 12.1 Å². The summed E-state index contributed by atoms with van der Waals surface area (Å²) in [4.78, 5) is 66.2. The summed E-state index contributed by atoms with van der Waals surface area (Å²) in [5.41, 5.74) is 0.638. The van der Waals surface area contributed by atoms with Crippen molar-refractivity contribution in [1.82, 2.24) is 21.3 Å². The summed E-state index contributed by atoms with van der Waals surface area (Å²) in [6.45, 7) is 3.81. The normalized spacial score (nSPS) is 25.6. The largest absolute Gasteiger partial charge is 0.446 e. The highest BCUT2D eigenvalue weighted by molar-refractivity contribution is 6.38. The first-order valence-electron chi connectivity index (χ1n) is 17.1. The number of Topliss-reactive ketones (excluding diaryl/α,β-unsaturated/α-hetero) is 1. The Morgan fingerprint density at radius 1 is 0.957 bits per heavy atom. The van der Waals surface area contributed by atoms with Gasteiger partial charge in [-0.1, -0.05) is 55.8 Å². The second-order valence-electron chi connectivity index (χ2n) is 14.6. The summed E-state index contributed by atoms with van der Waals surface area (Å²) in [6, 6.07) is 5.52. The van der Waals surface area contributed by atoms with E-state index in [4.69, 9.17) is 16.3 Å². The van der Waals surface area contributed by atoms with E-state index in [1.54, 1.807) is 0 Å². The highest BCUT2D eigenvalue weighted by Gasteiger charge is 2.42. The van der Waals surface area contributed by atoms with E-state index in [0.717, 1.165) is 76.2 Å². The van der Waals surface area contributed by atoms with Gasteiger partial charge in [-0.2, -0.15) is 0 Å². The van der Waals surface area contributed by atoms with Crippen LogP contribution >= 0.6 is 11.6 Å². The number of nitrogens with one attached hydrogen (secondary N) is 4. The molecule has 4 fully saturated rings. The zero-order valence-electron chi connectivity index (χ0n) is 27.1.